The summed E-state index contributed by atoms with van der Waals surface area (Å²) in [6.45, 7) is 2.12. The van der Waals surface area contributed by atoms with E-state index < -0.39 is 0 Å². The number of aryl methyl sites for hydroxylation is 1. The summed E-state index contributed by atoms with van der Waals surface area (Å²) in [5.41, 5.74) is 9.72. The van der Waals surface area contributed by atoms with Gasteiger partial charge in [0.1, 0.15) is 11.4 Å². The molecule has 0 unspecified atom stereocenters. The molecule has 108 valence electrons. The van der Waals surface area contributed by atoms with E-state index in [-0.39, 0.29) is 0 Å². The molecule has 0 atom stereocenters. The number of ether oxygens (including phenoxy) is 1. The van der Waals surface area contributed by atoms with Crippen molar-refractivity contribution >= 4 is 17.2 Å². The molecule has 0 fully saturated rings. The molecule has 0 aliphatic carbocycles. The van der Waals surface area contributed by atoms with E-state index >= 15 is 0 Å². The number of aromatic nitrogens is 1. The maximum Gasteiger partial charge on any atom is 0.230 e. The van der Waals surface area contributed by atoms with E-state index in [0.717, 1.165) is 33.9 Å². The monoisotopic (exact) mass is 300 g/mol. The summed E-state index contributed by atoms with van der Waals surface area (Å²) < 4.78 is 10.7. The quantitative estimate of drug-likeness (QED) is 0.783. The van der Waals surface area contributed by atoms with Crippen LogP contribution in [0.25, 0.3) is 21.7 Å². The van der Waals surface area contributed by atoms with E-state index in [0.29, 0.717) is 5.88 Å². The molecule has 0 amide bonds. The van der Waals surface area contributed by atoms with Crippen molar-refractivity contribution in [1.29, 1.82) is 0 Å². The second-order valence-corrected chi connectivity index (χ2v) is 5.52. The zero-order valence-electron chi connectivity index (χ0n) is 11.9. The van der Waals surface area contributed by atoms with E-state index in [1.165, 1.54) is 5.56 Å². The molecular formula is C16H16N2O2S. The van der Waals surface area contributed by atoms with Crippen LogP contribution >= 0.6 is 11.3 Å². The summed E-state index contributed by atoms with van der Waals surface area (Å²) in [6.07, 6.45) is 0.941. The number of hydrogen-bond acceptors (Lipinski definition) is 5. The molecule has 0 aliphatic heterocycles. The number of rotatable bonds is 4. The highest BCUT2D eigenvalue weighted by molar-refractivity contribution is 7.13. The standard InChI is InChI=1S/C16H16N2O2S/c1-3-10-8-9-21-15(10)14-13(16(17)20-18-14)11-6-4-5-7-12(11)19-2/h4-9H,3,17H2,1-2H3. The number of anilines is 1. The average Bonchev–Trinajstić information content (AvgIpc) is 3.12. The van der Waals surface area contributed by atoms with Gasteiger partial charge in [-0.15, -0.1) is 11.3 Å². The van der Waals surface area contributed by atoms with Crippen LogP contribution < -0.4 is 10.5 Å². The van der Waals surface area contributed by atoms with Gasteiger partial charge in [-0.1, -0.05) is 30.3 Å². The number of thiophene rings is 1. The van der Waals surface area contributed by atoms with Gasteiger partial charge in [-0.25, -0.2) is 0 Å². The summed E-state index contributed by atoms with van der Waals surface area (Å²) in [5, 5.41) is 6.23. The SMILES string of the molecule is CCc1ccsc1-c1noc(N)c1-c1ccccc1OC. The van der Waals surface area contributed by atoms with Crippen LogP contribution in [0.2, 0.25) is 0 Å². The third kappa shape index (κ3) is 2.29. The first kappa shape index (κ1) is 13.7. The lowest BCUT2D eigenvalue weighted by atomic mass is 10.0. The van der Waals surface area contributed by atoms with Crippen LogP contribution in [0.3, 0.4) is 0 Å². The molecule has 5 heteroatoms. The lowest BCUT2D eigenvalue weighted by Crippen LogP contribution is -1.92. The zero-order chi connectivity index (χ0) is 14.8. The average molecular weight is 300 g/mol. The molecule has 4 nitrogen and oxygen atoms in total. The van der Waals surface area contributed by atoms with Gasteiger partial charge in [-0.3, -0.25) is 0 Å². The molecule has 3 rings (SSSR count). The van der Waals surface area contributed by atoms with Crippen LogP contribution in [0.5, 0.6) is 5.75 Å². The third-order valence-electron chi connectivity index (χ3n) is 3.44. The summed E-state index contributed by atoms with van der Waals surface area (Å²) in [7, 11) is 1.64. The molecule has 0 saturated heterocycles. The topological polar surface area (TPSA) is 61.3 Å². The van der Waals surface area contributed by atoms with Crippen molar-refractivity contribution in [1.82, 2.24) is 5.16 Å². The highest BCUT2D eigenvalue weighted by Crippen LogP contribution is 2.43. The first-order valence-corrected chi connectivity index (χ1v) is 7.59. The normalized spacial score (nSPS) is 10.8. The van der Waals surface area contributed by atoms with Crippen LogP contribution in [-0.4, -0.2) is 12.3 Å². The molecule has 21 heavy (non-hydrogen) atoms. The fraction of sp³-hybridized carbons (Fsp3) is 0.188. The third-order valence-corrected chi connectivity index (χ3v) is 4.40. The molecule has 2 N–H and O–H groups in total. The number of benzene rings is 1. The van der Waals surface area contributed by atoms with Crippen molar-refractivity contribution in [2.75, 3.05) is 12.8 Å². The maximum absolute atomic E-state index is 6.01. The van der Waals surface area contributed by atoms with Gasteiger partial charge >= 0.3 is 0 Å². The Balaban J connectivity index is 2.23. The molecule has 1 aromatic carbocycles. The van der Waals surface area contributed by atoms with Gasteiger partial charge in [-0.05, 0) is 29.5 Å². The fourth-order valence-corrected chi connectivity index (χ4v) is 3.37. The van der Waals surface area contributed by atoms with Gasteiger partial charge in [0.2, 0.25) is 5.88 Å². The predicted octanol–water partition coefficient (Wildman–Crippen LogP) is 4.22. The van der Waals surface area contributed by atoms with Crippen LogP contribution in [-0.2, 0) is 6.42 Å². The predicted molar refractivity (Wildman–Crippen MR) is 85.6 cm³/mol. The molecule has 0 radical (unpaired) electrons. The summed E-state index contributed by atoms with van der Waals surface area (Å²) in [6, 6.07) is 9.85. The van der Waals surface area contributed by atoms with Gasteiger partial charge < -0.3 is 15.0 Å². The lowest BCUT2D eigenvalue weighted by Gasteiger charge is -2.08. The number of para-hydroxylation sites is 1. The fourth-order valence-electron chi connectivity index (χ4n) is 2.39. The number of methoxy groups -OCH3 is 1. The Kier molecular flexibility index (Phi) is 3.66. The van der Waals surface area contributed by atoms with Crippen molar-refractivity contribution in [3.63, 3.8) is 0 Å². The smallest absolute Gasteiger partial charge is 0.230 e. The minimum Gasteiger partial charge on any atom is -0.496 e. The van der Waals surface area contributed by atoms with E-state index in [1.54, 1.807) is 18.4 Å². The molecule has 2 aromatic heterocycles. The Bertz CT molecular complexity index is 761. The molecule has 2 heterocycles. The molecule has 0 saturated carbocycles. The highest BCUT2D eigenvalue weighted by Gasteiger charge is 2.22. The van der Waals surface area contributed by atoms with Crippen molar-refractivity contribution in [3.05, 3.63) is 41.3 Å². The van der Waals surface area contributed by atoms with Gasteiger partial charge in [0.25, 0.3) is 0 Å². The highest BCUT2D eigenvalue weighted by atomic mass is 32.1. The van der Waals surface area contributed by atoms with Gasteiger partial charge in [0.05, 0.1) is 17.6 Å². The molecule has 0 spiro atoms. The first-order valence-electron chi connectivity index (χ1n) is 6.71. The van der Waals surface area contributed by atoms with E-state index in [1.807, 2.05) is 24.3 Å². The van der Waals surface area contributed by atoms with E-state index in [4.69, 9.17) is 15.0 Å². The lowest BCUT2D eigenvalue weighted by molar-refractivity contribution is 0.416. The van der Waals surface area contributed by atoms with Crippen molar-refractivity contribution < 1.29 is 9.26 Å². The number of hydrogen-bond donors (Lipinski definition) is 1. The summed E-state index contributed by atoms with van der Waals surface area (Å²) in [5.74, 6) is 1.06. The molecule has 3 aromatic rings. The summed E-state index contributed by atoms with van der Waals surface area (Å²) >= 11 is 1.64. The number of nitrogens with two attached hydrogens (primary N) is 1. The van der Waals surface area contributed by atoms with Crippen molar-refractivity contribution in [3.8, 4) is 27.4 Å². The molecule has 0 bridgehead atoms. The Morgan fingerprint density at radius 1 is 1.29 bits per heavy atom. The number of nitrogens with zero attached hydrogens (tertiary/aromatic N) is 1. The Morgan fingerprint density at radius 2 is 2.10 bits per heavy atom. The Morgan fingerprint density at radius 3 is 2.86 bits per heavy atom. The minimum atomic E-state index is 0.310. The molecular weight excluding hydrogens is 284 g/mol. The first-order chi connectivity index (χ1) is 10.3. The Hall–Kier alpha value is -2.27. The Labute approximate surface area is 127 Å². The van der Waals surface area contributed by atoms with Crippen LogP contribution in [0.4, 0.5) is 5.88 Å². The van der Waals surface area contributed by atoms with Crippen LogP contribution in [0.15, 0.2) is 40.2 Å². The number of nitrogen functional groups attached to an aromatic ring is 1. The summed E-state index contributed by atoms with van der Waals surface area (Å²) in [4.78, 5) is 1.10. The minimum absolute atomic E-state index is 0.310. The van der Waals surface area contributed by atoms with Crippen molar-refractivity contribution in [2.24, 2.45) is 0 Å². The van der Waals surface area contributed by atoms with E-state index in [2.05, 4.69) is 23.5 Å². The second-order valence-electron chi connectivity index (χ2n) is 4.60. The van der Waals surface area contributed by atoms with Gasteiger partial charge in [-0.2, -0.15) is 0 Å². The van der Waals surface area contributed by atoms with Gasteiger partial charge in [0.15, 0.2) is 0 Å². The van der Waals surface area contributed by atoms with Crippen LogP contribution in [0, 0.1) is 0 Å². The van der Waals surface area contributed by atoms with E-state index in [9.17, 15) is 0 Å². The second kappa shape index (κ2) is 5.61. The largest absolute Gasteiger partial charge is 0.496 e. The zero-order valence-corrected chi connectivity index (χ0v) is 12.7. The van der Waals surface area contributed by atoms with Crippen LogP contribution in [0.1, 0.15) is 12.5 Å². The molecule has 0 aliphatic rings. The maximum atomic E-state index is 6.01. The van der Waals surface area contributed by atoms with Crippen molar-refractivity contribution in [2.45, 2.75) is 13.3 Å². The van der Waals surface area contributed by atoms with Gasteiger partial charge in [0, 0.05) is 5.56 Å².